The van der Waals surface area contributed by atoms with Crippen molar-refractivity contribution < 1.29 is 22.3 Å². The van der Waals surface area contributed by atoms with Crippen LogP contribution in [-0.2, 0) is 14.2 Å². The van der Waals surface area contributed by atoms with Crippen molar-refractivity contribution in [2.75, 3.05) is 96.6 Å². The number of aryl methyl sites for hydroxylation is 1. The molecule has 1 N–H and O–H groups in total. The van der Waals surface area contributed by atoms with E-state index in [1.54, 1.807) is 11.8 Å². The minimum Gasteiger partial charge on any atom is -0.497 e. The Morgan fingerprint density at radius 3 is 2.00 bits per heavy atom. The van der Waals surface area contributed by atoms with E-state index in [1.807, 2.05) is 59.2 Å². The highest BCUT2D eigenvalue weighted by molar-refractivity contribution is 8.53. The van der Waals surface area contributed by atoms with Crippen molar-refractivity contribution in [3.8, 4) is 5.75 Å². The molecule has 3 heterocycles. The molecule has 6 aromatic carbocycles. The zero-order valence-electron chi connectivity index (χ0n) is 46.7. The van der Waals surface area contributed by atoms with E-state index >= 15 is 0 Å². The van der Waals surface area contributed by atoms with Crippen LogP contribution in [0, 0.1) is 18.8 Å². The fourth-order valence-corrected chi connectivity index (χ4v) is 19.4. The average Bonchev–Trinajstić information content (AvgIpc) is 3.59. The first kappa shape index (κ1) is 57.2. The van der Waals surface area contributed by atoms with Crippen molar-refractivity contribution in [3.05, 3.63) is 178 Å². The molecule has 6 aromatic rings. The van der Waals surface area contributed by atoms with Crippen LogP contribution in [0.15, 0.2) is 148 Å². The first-order valence-corrected chi connectivity index (χ1v) is 35.6. The number of rotatable bonds is 16. The molecule has 0 saturated carbocycles. The molecule has 81 heavy (non-hydrogen) atoms. The molecule has 3 saturated heterocycles. The molecule has 1 spiro atoms. The molecule has 2 atom stereocenters. The summed E-state index contributed by atoms with van der Waals surface area (Å²) in [6, 6.07) is 38.4. The Balaban J connectivity index is 0.984. The zero-order valence-corrected chi connectivity index (χ0v) is 52.4. The molecule has 12 rings (SSSR count). The highest BCUT2D eigenvalue weighted by Crippen LogP contribution is 2.68. The summed E-state index contributed by atoms with van der Waals surface area (Å²) >= 11 is 15.9. The van der Waals surface area contributed by atoms with Crippen LogP contribution in [0.2, 0.25) is 0 Å². The van der Waals surface area contributed by atoms with Crippen molar-refractivity contribution in [3.63, 3.8) is 0 Å². The number of ether oxygens (including phenoxy) is 1. The van der Waals surface area contributed by atoms with Crippen LogP contribution in [0.4, 0.5) is 0 Å². The molecule has 0 amide bonds. The largest absolute Gasteiger partial charge is 0.497 e. The smallest absolute Gasteiger partial charge is 0.295 e. The number of benzene rings is 6. The average molecular weight is 1210 g/mol. The van der Waals surface area contributed by atoms with Crippen LogP contribution < -0.4 is 4.74 Å². The van der Waals surface area contributed by atoms with Gasteiger partial charge in [0.05, 0.1) is 20.2 Å². The highest BCUT2D eigenvalue weighted by atomic mass is 32.3. The summed E-state index contributed by atoms with van der Waals surface area (Å²) < 4.78 is 49.2. The lowest BCUT2D eigenvalue weighted by molar-refractivity contribution is -0.535. The van der Waals surface area contributed by atoms with Gasteiger partial charge in [-0.2, -0.15) is 31.9 Å². The van der Waals surface area contributed by atoms with E-state index in [1.165, 1.54) is 83.5 Å². The number of thioether (sulfide) groups is 5. The minimum absolute atomic E-state index is 0.0178. The fraction of sp³-hybridized carbons (Fsp3) is 0.364. The number of hydrogen-bond donors (Lipinski definition) is 1. The Morgan fingerprint density at radius 1 is 0.728 bits per heavy atom. The van der Waals surface area contributed by atoms with Gasteiger partial charge in [-0.3, -0.25) is 14.4 Å². The zero-order chi connectivity index (χ0) is 55.8. The maximum Gasteiger partial charge on any atom is 0.295 e. The van der Waals surface area contributed by atoms with Gasteiger partial charge >= 0.3 is 0 Å². The van der Waals surface area contributed by atoms with E-state index < -0.39 is 10.1 Å². The number of allylic oxidation sites excluding steroid dienone is 6. The van der Waals surface area contributed by atoms with Gasteiger partial charge in [0.25, 0.3) is 14.5 Å². The molecule has 6 aliphatic rings. The molecular formula is C66H71N4O4S7+. The van der Waals surface area contributed by atoms with Gasteiger partial charge in [0.2, 0.25) is 0 Å². The van der Waals surface area contributed by atoms with Crippen molar-refractivity contribution in [2.45, 2.75) is 52.9 Å². The maximum atomic E-state index is 13.9. The van der Waals surface area contributed by atoms with Gasteiger partial charge in [0.15, 0.2) is 13.1 Å². The maximum absolute atomic E-state index is 13.9. The number of nitrogens with zero attached hydrogens (tertiary/aromatic N) is 4. The Morgan fingerprint density at radius 2 is 1.35 bits per heavy atom. The van der Waals surface area contributed by atoms with Crippen molar-refractivity contribution in [1.29, 1.82) is 0 Å². The number of hydrogen-bond acceptors (Lipinski definition) is 11. The van der Waals surface area contributed by atoms with Gasteiger partial charge in [0, 0.05) is 54.5 Å². The van der Waals surface area contributed by atoms with Gasteiger partial charge in [0.1, 0.15) is 19.0 Å². The molecule has 15 heteroatoms. The van der Waals surface area contributed by atoms with E-state index in [9.17, 15) is 13.0 Å². The Labute approximate surface area is 506 Å². The molecule has 2 bridgehead atoms. The fourth-order valence-electron chi connectivity index (χ4n) is 13.0. The van der Waals surface area contributed by atoms with E-state index in [0.717, 1.165) is 130 Å². The number of unbranched alkanes of at least 4 members (excludes halogenated alkanes) is 2. The summed E-state index contributed by atoms with van der Waals surface area (Å²) in [6.07, 6.45) is 19.6. The van der Waals surface area contributed by atoms with E-state index in [-0.39, 0.29) is 20.8 Å². The van der Waals surface area contributed by atoms with Gasteiger partial charge in [-0.15, -0.1) is 0 Å². The van der Waals surface area contributed by atoms with Crippen molar-refractivity contribution in [2.24, 2.45) is 11.8 Å². The minimum atomic E-state index is -4.75. The molecule has 3 fully saturated rings. The van der Waals surface area contributed by atoms with Gasteiger partial charge in [-0.05, 0) is 196 Å². The number of methoxy groups -OCH3 is 1. The lowest BCUT2D eigenvalue weighted by Crippen LogP contribution is -2.47. The summed E-state index contributed by atoms with van der Waals surface area (Å²) in [5.74, 6) is 2.76. The second-order valence-corrected chi connectivity index (χ2v) is 30.0. The Hall–Kier alpha value is -4.26. The summed E-state index contributed by atoms with van der Waals surface area (Å²) in [5, 5.41) is 4.48. The van der Waals surface area contributed by atoms with Crippen LogP contribution in [0.25, 0.3) is 38.8 Å². The molecule has 420 valence electrons. The summed E-state index contributed by atoms with van der Waals surface area (Å²) in [4.78, 5) is 8.60. The molecule has 3 aliphatic heterocycles. The molecular weight excluding hydrogens is 1140 g/mol. The second kappa shape index (κ2) is 24.8. The molecule has 0 aromatic heterocycles. The van der Waals surface area contributed by atoms with Gasteiger partial charge < -0.3 is 9.64 Å². The number of fused-ring (bicyclic) bond motifs is 8. The predicted molar refractivity (Wildman–Crippen MR) is 354 cm³/mol. The molecule has 0 unspecified atom stereocenters. The second-order valence-electron chi connectivity index (χ2n) is 22.1. The number of piperazine rings is 2. The first-order valence-electron chi connectivity index (χ1n) is 28.5. The van der Waals surface area contributed by atoms with Crippen molar-refractivity contribution >= 4 is 129 Å². The summed E-state index contributed by atoms with van der Waals surface area (Å²) in [6.45, 7) is 12.6. The van der Waals surface area contributed by atoms with E-state index in [2.05, 4.69) is 154 Å². The quantitative estimate of drug-likeness (QED) is 0.0190. The van der Waals surface area contributed by atoms with Crippen LogP contribution in [0.5, 0.6) is 5.75 Å². The third-order valence-corrected chi connectivity index (χ3v) is 24.4. The standard InChI is InChI=1S/C66H70N4O4S7/c1-44-21-25-49-56(48-15-5-6-18-52(48)63(58(49)39-44)78-64(75)69-33-29-67(30-34-69)27-11-13-37-76-3)42-54-45-22-23-46(40-45)55(62(54)53-26-24-47(74-2)41-61(53)81(71,72)73)43-57-50-16-7-9-19-59(50)66(60-20-10-8-17-51(57)60)79-65(80-66)70-35-31-68(32-36-70)28-12-14-38-77-4/h5-10,15-26,39,41-43,45-46H,11-14,27-38,40H2,1-4H3/p+1/t45-,46+/m0/s1. The Kier molecular flexibility index (Phi) is 17.5. The molecule has 0 radical (unpaired) electrons. The van der Waals surface area contributed by atoms with Crippen LogP contribution >= 0.6 is 71.0 Å². The first-order chi connectivity index (χ1) is 39.5. The third kappa shape index (κ3) is 11.4. The predicted octanol–water partition coefficient (Wildman–Crippen LogP) is 14.7. The lowest BCUT2D eigenvalue weighted by atomic mass is 9.73. The van der Waals surface area contributed by atoms with E-state index in [4.69, 9.17) is 17.0 Å². The Bertz CT molecular complexity index is 3640. The normalized spacial score (nSPS) is 21.6. The topological polar surface area (TPSA) is 76.3 Å². The van der Waals surface area contributed by atoms with E-state index in [0.29, 0.717) is 11.3 Å². The van der Waals surface area contributed by atoms with Crippen LogP contribution in [0.3, 0.4) is 0 Å². The molecule has 8 nitrogen and oxygen atoms in total. The molecule has 3 aliphatic carbocycles. The van der Waals surface area contributed by atoms with Gasteiger partial charge in [-0.1, -0.05) is 133 Å². The lowest BCUT2D eigenvalue weighted by Gasteiger charge is -2.45. The van der Waals surface area contributed by atoms with Crippen molar-refractivity contribution in [1.82, 2.24) is 14.7 Å². The third-order valence-electron chi connectivity index (χ3n) is 17.2. The van der Waals surface area contributed by atoms with Crippen LogP contribution in [-0.4, -0.2) is 138 Å². The summed E-state index contributed by atoms with van der Waals surface area (Å²) in [5.41, 5.74) is 11.6. The van der Waals surface area contributed by atoms with Crippen LogP contribution in [0.1, 0.15) is 71.0 Å². The monoisotopic (exact) mass is 1210 g/mol. The SMILES string of the molecule is COc1ccc(C2=C(C=C3c4ccccc4C4(SC(=[N+]5CCN(CCCCSC)CC5)S4)c4ccccc43)[C@@H]3C=C[C@@H](C3)C2=Cc2c3ccccc3c(SC(=S)N3CCN(CCCCSC)CC3)c3cc(C)ccc23)c(S(=O)(=O)O)c1. The van der Waals surface area contributed by atoms with Gasteiger partial charge in [-0.25, -0.2) is 4.58 Å². The summed E-state index contributed by atoms with van der Waals surface area (Å²) in [7, 11) is -3.22. The number of thiocarbonyl (C=S) groups is 1. The highest BCUT2D eigenvalue weighted by Gasteiger charge is 2.56.